The van der Waals surface area contributed by atoms with Gasteiger partial charge in [0.05, 0.1) is 0 Å². The summed E-state index contributed by atoms with van der Waals surface area (Å²) in [5.41, 5.74) is 11.8. The Morgan fingerprint density at radius 2 is 0.872 bits per heavy atom. The van der Waals surface area contributed by atoms with E-state index in [1.54, 1.807) is 0 Å². The number of fused-ring (bicyclic) bond motifs is 2. The van der Waals surface area contributed by atoms with Gasteiger partial charge in [0.2, 0.25) is 0 Å². The summed E-state index contributed by atoms with van der Waals surface area (Å²) < 4.78 is 6.34. The van der Waals surface area contributed by atoms with Crippen LogP contribution in [0.2, 0.25) is 0 Å². The van der Waals surface area contributed by atoms with Gasteiger partial charge in [-0.25, -0.2) is 0 Å². The summed E-state index contributed by atoms with van der Waals surface area (Å²) in [5.74, 6) is 0. The van der Waals surface area contributed by atoms with E-state index >= 15 is 0 Å². The van der Waals surface area contributed by atoms with Crippen molar-refractivity contribution in [1.29, 1.82) is 0 Å². The van der Waals surface area contributed by atoms with Crippen molar-refractivity contribution in [2.45, 2.75) is 0 Å². The van der Waals surface area contributed by atoms with E-state index in [-0.39, 0.29) is 0 Å². The summed E-state index contributed by atoms with van der Waals surface area (Å²) in [6.07, 6.45) is 0. The van der Waals surface area contributed by atoms with Crippen LogP contribution < -0.4 is 0 Å². The molecule has 0 saturated carbocycles. The molecule has 0 spiro atoms. The third kappa shape index (κ3) is 3.90. The fraction of sp³-hybridized carbons (Fsp3) is 0. The number of furan rings is 1. The average molecular weight is 597 g/mol. The van der Waals surface area contributed by atoms with E-state index in [1.165, 1.54) is 87.6 Å². The van der Waals surface area contributed by atoms with Gasteiger partial charge in [-0.2, -0.15) is 0 Å². The molecular formula is C46H28O. The third-order valence-electron chi connectivity index (χ3n) is 9.84. The molecule has 0 bridgehead atoms. The predicted octanol–water partition coefficient (Wildman–Crippen LogP) is 13.2. The molecule has 10 rings (SSSR count). The first-order valence-corrected chi connectivity index (χ1v) is 16.2. The zero-order valence-electron chi connectivity index (χ0n) is 25.6. The molecule has 0 aliphatic rings. The topological polar surface area (TPSA) is 13.1 Å². The maximum Gasteiger partial charge on any atom is 0.136 e. The summed E-state index contributed by atoms with van der Waals surface area (Å²) in [4.78, 5) is 0. The minimum atomic E-state index is 0.938. The van der Waals surface area contributed by atoms with Crippen molar-refractivity contribution in [3.8, 4) is 44.5 Å². The zero-order chi connectivity index (χ0) is 30.9. The van der Waals surface area contributed by atoms with Crippen molar-refractivity contribution in [2.75, 3.05) is 0 Å². The van der Waals surface area contributed by atoms with Gasteiger partial charge in [-0.05, 0) is 101 Å². The first-order chi connectivity index (χ1) is 23.3. The molecule has 0 aliphatic heterocycles. The van der Waals surface area contributed by atoms with Gasteiger partial charge in [-0.15, -0.1) is 0 Å². The number of benzene rings is 9. The summed E-state index contributed by atoms with van der Waals surface area (Å²) >= 11 is 0. The first-order valence-electron chi connectivity index (χ1n) is 16.2. The van der Waals surface area contributed by atoms with Gasteiger partial charge in [0, 0.05) is 10.8 Å². The van der Waals surface area contributed by atoms with Gasteiger partial charge < -0.3 is 4.42 Å². The van der Waals surface area contributed by atoms with Crippen LogP contribution in [-0.2, 0) is 0 Å². The van der Waals surface area contributed by atoms with Crippen molar-refractivity contribution >= 4 is 54.3 Å². The standard InChI is InChI=1S/C46H28O/c1-2-12-29(13-3-1)33-17-4-5-18-34(33)31-15-10-16-32(28-31)43-35-19-6-8-21-37(35)45(38-22-9-7-20-36(38)43)39-26-27-42-46-40(39)25-24-30-14-11-23-41(47-42)44(30)46/h1-28H. The number of hydrogen-bond donors (Lipinski definition) is 0. The Morgan fingerprint density at radius 3 is 1.62 bits per heavy atom. The molecule has 0 atom stereocenters. The first kappa shape index (κ1) is 26.1. The van der Waals surface area contributed by atoms with E-state index in [0.717, 1.165) is 11.2 Å². The van der Waals surface area contributed by atoms with Crippen LogP contribution >= 0.6 is 0 Å². The average Bonchev–Trinajstić information content (AvgIpc) is 3.53. The Hall–Kier alpha value is -6.18. The lowest BCUT2D eigenvalue weighted by Gasteiger charge is -2.19. The summed E-state index contributed by atoms with van der Waals surface area (Å²) in [6, 6.07) is 61.5. The molecule has 0 fully saturated rings. The Balaban J connectivity index is 1.25. The molecular weight excluding hydrogens is 569 g/mol. The molecule has 9 aromatic carbocycles. The van der Waals surface area contributed by atoms with E-state index in [0.29, 0.717) is 0 Å². The van der Waals surface area contributed by atoms with E-state index in [9.17, 15) is 0 Å². The smallest absolute Gasteiger partial charge is 0.136 e. The molecule has 10 aromatic rings. The molecule has 0 unspecified atom stereocenters. The molecule has 47 heavy (non-hydrogen) atoms. The fourth-order valence-electron chi connectivity index (χ4n) is 7.84. The van der Waals surface area contributed by atoms with Gasteiger partial charge in [0.25, 0.3) is 0 Å². The monoisotopic (exact) mass is 596 g/mol. The quantitative estimate of drug-likeness (QED) is 0.145. The fourth-order valence-corrected chi connectivity index (χ4v) is 7.84. The predicted molar refractivity (Wildman–Crippen MR) is 199 cm³/mol. The van der Waals surface area contributed by atoms with Crippen LogP contribution in [0.25, 0.3) is 98.8 Å². The molecule has 0 aliphatic carbocycles. The lowest BCUT2D eigenvalue weighted by atomic mass is 9.83. The molecule has 1 aromatic heterocycles. The number of rotatable bonds is 4. The van der Waals surface area contributed by atoms with Gasteiger partial charge >= 0.3 is 0 Å². The van der Waals surface area contributed by atoms with Crippen molar-refractivity contribution in [2.24, 2.45) is 0 Å². The minimum Gasteiger partial charge on any atom is -0.456 e. The molecule has 1 nitrogen and oxygen atoms in total. The Labute approximate surface area is 272 Å². The summed E-state index contributed by atoms with van der Waals surface area (Å²) in [7, 11) is 0. The van der Waals surface area contributed by atoms with Crippen LogP contribution in [0, 0.1) is 0 Å². The highest BCUT2D eigenvalue weighted by atomic mass is 16.3. The maximum absolute atomic E-state index is 6.34. The molecule has 1 heterocycles. The van der Waals surface area contributed by atoms with Gasteiger partial charge in [0.1, 0.15) is 11.2 Å². The van der Waals surface area contributed by atoms with E-state index in [1.807, 2.05) is 0 Å². The van der Waals surface area contributed by atoms with Gasteiger partial charge in [0.15, 0.2) is 0 Å². The van der Waals surface area contributed by atoms with E-state index in [4.69, 9.17) is 4.42 Å². The van der Waals surface area contributed by atoms with Crippen molar-refractivity contribution in [3.63, 3.8) is 0 Å². The van der Waals surface area contributed by atoms with Crippen LogP contribution in [0.3, 0.4) is 0 Å². The van der Waals surface area contributed by atoms with Crippen LogP contribution in [0.15, 0.2) is 174 Å². The second kappa shape index (κ2) is 10.2. The molecule has 0 radical (unpaired) electrons. The second-order valence-corrected chi connectivity index (χ2v) is 12.4. The molecule has 0 N–H and O–H groups in total. The van der Waals surface area contributed by atoms with Crippen molar-refractivity contribution < 1.29 is 4.42 Å². The highest BCUT2D eigenvalue weighted by molar-refractivity contribution is 6.28. The summed E-state index contributed by atoms with van der Waals surface area (Å²) in [6.45, 7) is 0. The Morgan fingerprint density at radius 1 is 0.298 bits per heavy atom. The van der Waals surface area contributed by atoms with Crippen LogP contribution in [0.4, 0.5) is 0 Å². The third-order valence-corrected chi connectivity index (χ3v) is 9.84. The van der Waals surface area contributed by atoms with Crippen molar-refractivity contribution in [1.82, 2.24) is 0 Å². The molecule has 218 valence electrons. The Bertz CT molecular complexity index is 2730. The molecule has 1 heteroatoms. The van der Waals surface area contributed by atoms with E-state index in [2.05, 4.69) is 170 Å². The van der Waals surface area contributed by atoms with Crippen LogP contribution in [0.5, 0.6) is 0 Å². The van der Waals surface area contributed by atoms with Crippen molar-refractivity contribution in [3.05, 3.63) is 170 Å². The Kier molecular flexibility index (Phi) is 5.64. The lowest BCUT2D eigenvalue weighted by molar-refractivity contribution is 0.669. The van der Waals surface area contributed by atoms with Gasteiger partial charge in [-0.3, -0.25) is 0 Å². The normalized spacial score (nSPS) is 11.8. The number of hydrogen-bond acceptors (Lipinski definition) is 1. The lowest BCUT2D eigenvalue weighted by Crippen LogP contribution is -1.92. The van der Waals surface area contributed by atoms with Crippen LogP contribution in [0.1, 0.15) is 0 Å². The van der Waals surface area contributed by atoms with Gasteiger partial charge in [-0.1, -0.05) is 146 Å². The molecule has 0 amide bonds. The maximum atomic E-state index is 6.34. The largest absolute Gasteiger partial charge is 0.456 e. The second-order valence-electron chi connectivity index (χ2n) is 12.4. The highest BCUT2D eigenvalue weighted by Gasteiger charge is 2.21. The van der Waals surface area contributed by atoms with Crippen LogP contribution in [-0.4, -0.2) is 0 Å². The SMILES string of the molecule is c1ccc(-c2ccccc2-c2cccc(-c3c4ccccc4c(-c4ccc5oc6cccc7ccc4c5c76)c4ccccc34)c2)cc1. The minimum absolute atomic E-state index is 0.938. The highest BCUT2D eigenvalue weighted by Crippen LogP contribution is 2.48. The molecule has 0 saturated heterocycles. The summed E-state index contributed by atoms with van der Waals surface area (Å²) in [5, 5.41) is 9.85. The zero-order valence-corrected chi connectivity index (χ0v) is 25.6. The van der Waals surface area contributed by atoms with E-state index < -0.39 is 0 Å².